The zero-order chi connectivity index (χ0) is 23.7. The van der Waals surface area contributed by atoms with Gasteiger partial charge in [-0.25, -0.2) is 9.59 Å². The van der Waals surface area contributed by atoms with Gasteiger partial charge in [-0.05, 0) is 75.2 Å². The van der Waals surface area contributed by atoms with Gasteiger partial charge in [0, 0.05) is 25.7 Å². The second-order valence-electron chi connectivity index (χ2n) is 11.1. The molecule has 1 aliphatic carbocycles. The Bertz CT molecular complexity index is 587. The third-order valence-corrected chi connectivity index (χ3v) is 11.1. The molecule has 181 valence electrons. The van der Waals surface area contributed by atoms with Crippen LogP contribution >= 0.6 is 0 Å². The largest absolute Gasteiger partial charge is 0.456 e. The molecule has 2 atom stereocenters. The number of carbonyl (C=O) groups excluding carboxylic acids is 2. The number of hydrogen-bond acceptors (Lipinski definition) is 3. The predicted molar refractivity (Wildman–Crippen MR) is 133 cm³/mol. The third kappa shape index (κ3) is 11.9. The molecule has 0 aromatic rings. The molecule has 2 unspecified atom stereocenters. The van der Waals surface area contributed by atoms with Gasteiger partial charge in [0.2, 0.25) is 0 Å². The van der Waals surface area contributed by atoms with E-state index in [2.05, 4.69) is 68.2 Å². The van der Waals surface area contributed by atoms with Crippen LogP contribution in [0.25, 0.3) is 0 Å². The van der Waals surface area contributed by atoms with Crippen molar-refractivity contribution in [2.75, 3.05) is 19.6 Å². The fourth-order valence-electron chi connectivity index (χ4n) is 5.02. The van der Waals surface area contributed by atoms with E-state index in [1.165, 1.54) is 0 Å². The van der Waals surface area contributed by atoms with Gasteiger partial charge in [-0.2, -0.15) is 0 Å². The Morgan fingerprint density at radius 1 is 1.03 bits per heavy atom. The van der Waals surface area contributed by atoms with Crippen molar-refractivity contribution < 1.29 is 13.7 Å². The highest BCUT2D eigenvalue weighted by Crippen LogP contribution is 2.45. The second kappa shape index (κ2) is 12.2. The summed E-state index contributed by atoms with van der Waals surface area (Å²) in [7, 11) is -2.28. The minimum Gasteiger partial charge on any atom is -0.456 e. The maximum atomic E-state index is 12.5. The first-order valence-electron chi connectivity index (χ1n) is 11.8. The summed E-state index contributed by atoms with van der Waals surface area (Å²) in [5.41, 5.74) is 0.0646. The van der Waals surface area contributed by atoms with Crippen LogP contribution in [-0.4, -0.2) is 55.1 Å². The number of carbonyl (C=O) groups is 2. The normalized spacial score (nSPS) is 23.3. The van der Waals surface area contributed by atoms with Crippen molar-refractivity contribution in [2.24, 2.45) is 10.8 Å². The van der Waals surface area contributed by atoms with Crippen molar-refractivity contribution >= 4 is 29.4 Å². The monoisotopic (exact) mass is 471 g/mol. The maximum absolute atomic E-state index is 12.5. The van der Waals surface area contributed by atoms with Gasteiger partial charge in [0.1, 0.15) is 0 Å². The number of rotatable bonds is 11. The first kappa shape index (κ1) is 28.0. The van der Waals surface area contributed by atoms with Crippen LogP contribution in [0.15, 0.2) is 0 Å². The molecule has 1 aliphatic rings. The standard InChI is InChI=1S/C22H47N4O3Si2/c1-9-11-23-19(27)25-17-22(4)15-18(14-21(2,3)16-22)26-20(28)24-12-10-13-31(7,8)29-30(5)6/h18H,9-17H2,1-8H3,(H2,23,25,27)(H2,24,26,28). The number of urea groups is 2. The molecule has 0 aliphatic heterocycles. The van der Waals surface area contributed by atoms with Crippen LogP contribution in [0.5, 0.6) is 0 Å². The molecule has 0 aromatic heterocycles. The lowest BCUT2D eigenvalue weighted by Crippen LogP contribution is -2.53. The topological polar surface area (TPSA) is 91.5 Å². The summed E-state index contributed by atoms with van der Waals surface area (Å²) in [5, 5.41) is 12.1. The average Bonchev–Trinajstić information content (AvgIpc) is 2.59. The first-order valence-corrected chi connectivity index (χ1v) is 17.3. The summed E-state index contributed by atoms with van der Waals surface area (Å²) < 4.78 is 6.15. The average molecular weight is 472 g/mol. The van der Waals surface area contributed by atoms with Crippen LogP contribution in [0.1, 0.15) is 59.8 Å². The zero-order valence-corrected chi connectivity index (χ0v) is 23.2. The van der Waals surface area contributed by atoms with Gasteiger partial charge in [0.25, 0.3) is 0 Å². The van der Waals surface area contributed by atoms with Gasteiger partial charge in [-0.1, -0.05) is 27.7 Å². The number of amides is 4. The van der Waals surface area contributed by atoms with E-state index in [0.717, 1.165) is 38.1 Å². The van der Waals surface area contributed by atoms with Crippen molar-refractivity contribution in [2.45, 2.75) is 98.1 Å². The van der Waals surface area contributed by atoms with Gasteiger partial charge in [0.05, 0.1) is 0 Å². The van der Waals surface area contributed by atoms with E-state index in [4.69, 9.17) is 4.12 Å². The Labute approximate surface area is 193 Å². The Morgan fingerprint density at radius 3 is 2.29 bits per heavy atom. The molecule has 0 bridgehead atoms. The van der Waals surface area contributed by atoms with Crippen molar-refractivity contribution in [1.82, 2.24) is 21.3 Å². The van der Waals surface area contributed by atoms with Gasteiger partial charge >= 0.3 is 12.1 Å². The van der Waals surface area contributed by atoms with Crippen molar-refractivity contribution in [1.29, 1.82) is 0 Å². The molecule has 4 N–H and O–H groups in total. The summed E-state index contributed by atoms with van der Waals surface area (Å²) in [6, 6.07) is 0.968. The van der Waals surface area contributed by atoms with Crippen molar-refractivity contribution in [3.63, 3.8) is 0 Å². The Morgan fingerprint density at radius 2 is 1.68 bits per heavy atom. The smallest absolute Gasteiger partial charge is 0.315 e. The molecule has 0 heterocycles. The van der Waals surface area contributed by atoms with Gasteiger partial charge in [-0.3, -0.25) is 0 Å². The molecule has 0 spiro atoms. The molecule has 0 aromatic carbocycles. The van der Waals surface area contributed by atoms with Crippen LogP contribution in [0.4, 0.5) is 9.59 Å². The molecular formula is C22H47N4O3Si2. The molecule has 0 saturated heterocycles. The molecule has 9 heteroatoms. The minimum atomic E-state index is -1.61. The first-order chi connectivity index (χ1) is 14.3. The Hall–Kier alpha value is -1.07. The van der Waals surface area contributed by atoms with E-state index in [0.29, 0.717) is 19.6 Å². The Kier molecular flexibility index (Phi) is 11.0. The molecular weight excluding hydrogens is 424 g/mol. The predicted octanol–water partition coefficient (Wildman–Crippen LogP) is 4.44. The summed E-state index contributed by atoms with van der Waals surface area (Å²) in [6.45, 7) is 19.6. The molecule has 4 amide bonds. The lowest BCUT2D eigenvalue weighted by Gasteiger charge is -2.46. The molecule has 1 radical (unpaired) electrons. The molecule has 1 rings (SSSR count). The van der Waals surface area contributed by atoms with Crippen LogP contribution < -0.4 is 21.3 Å². The molecule has 7 nitrogen and oxygen atoms in total. The number of nitrogens with one attached hydrogen (secondary N) is 4. The highest BCUT2D eigenvalue weighted by atomic mass is 28.4. The quantitative estimate of drug-likeness (QED) is 0.265. The summed E-state index contributed by atoms with van der Waals surface area (Å²) in [6.07, 6.45) is 4.70. The molecule has 1 saturated carbocycles. The lowest BCUT2D eigenvalue weighted by atomic mass is 9.62. The number of hydrogen-bond donors (Lipinski definition) is 4. The van der Waals surface area contributed by atoms with E-state index < -0.39 is 17.4 Å². The maximum Gasteiger partial charge on any atom is 0.315 e. The van der Waals surface area contributed by atoms with Gasteiger partial charge in [0.15, 0.2) is 17.4 Å². The van der Waals surface area contributed by atoms with E-state index in [-0.39, 0.29) is 28.9 Å². The highest BCUT2D eigenvalue weighted by Gasteiger charge is 2.41. The van der Waals surface area contributed by atoms with E-state index in [9.17, 15) is 9.59 Å². The van der Waals surface area contributed by atoms with Crippen LogP contribution in [-0.2, 0) is 4.12 Å². The zero-order valence-electron chi connectivity index (χ0n) is 21.2. The van der Waals surface area contributed by atoms with Gasteiger partial charge in [-0.15, -0.1) is 0 Å². The van der Waals surface area contributed by atoms with E-state index in [1.807, 2.05) is 6.92 Å². The lowest BCUT2D eigenvalue weighted by molar-refractivity contribution is 0.0749. The fraction of sp³-hybridized carbons (Fsp3) is 0.909. The highest BCUT2D eigenvalue weighted by molar-refractivity contribution is 6.77. The SMILES string of the molecule is CCCNC(=O)NCC1(C)CC(NC(=O)NCCC[Si](C)(C)O[Si](C)C)CC(C)(C)C1. The van der Waals surface area contributed by atoms with Gasteiger partial charge < -0.3 is 25.4 Å². The summed E-state index contributed by atoms with van der Waals surface area (Å²) in [5.74, 6) is 0. The second-order valence-corrected chi connectivity index (χ2v) is 17.8. The van der Waals surface area contributed by atoms with E-state index >= 15 is 0 Å². The molecule has 1 fully saturated rings. The third-order valence-electron chi connectivity index (χ3n) is 5.71. The van der Waals surface area contributed by atoms with Crippen LogP contribution in [0, 0.1) is 10.8 Å². The van der Waals surface area contributed by atoms with E-state index in [1.54, 1.807) is 0 Å². The fourth-order valence-corrected chi connectivity index (χ4v) is 10.9. The minimum absolute atomic E-state index is 0.0457. The van der Waals surface area contributed by atoms with Crippen LogP contribution in [0.3, 0.4) is 0 Å². The molecule has 31 heavy (non-hydrogen) atoms. The van der Waals surface area contributed by atoms with Crippen molar-refractivity contribution in [3.05, 3.63) is 0 Å². The summed E-state index contributed by atoms with van der Waals surface area (Å²) in [4.78, 5) is 24.5. The van der Waals surface area contributed by atoms with Crippen molar-refractivity contribution in [3.8, 4) is 0 Å². The Balaban J connectivity index is 2.48. The summed E-state index contributed by atoms with van der Waals surface area (Å²) >= 11 is 0. The van der Waals surface area contributed by atoms with Crippen LogP contribution in [0.2, 0.25) is 32.2 Å².